The van der Waals surface area contributed by atoms with Crippen molar-refractivity contribution < 1.29 is 4.79 Å². The molecule has 2 N–H and O–H groups in total. The maximum atomic E-state index is 12.1. The van der Waals surface area contributed by atoms with E-state index in [9.17, 15) is 4.79 Å². The van der Waals surface area contributed by atoms with Gasteiger partial charge in [0.2, 0.25) is 0 Å². The molecule has 1 fully saturated rings. The summed E-state index contributed by atoms with van der Waals surface area (Å²) >= 11 is 0. The average Bonchev–Trinajstić information content (AvgIpc) is 2.36. The molecule has 1 aromatic carbocycles. The van der Waals surface area contributed by atoms with E-state index in [1.165, 1.54) is 0 Å². The van der Waals surface area contributed by atoms with Crippen LogP contribution in [0.5, 0.6) is 0 Å². The van der Waals surface area contributed by atoms with E-state index in [1.807, 2.05) is 26.0 Å². The Bertz CT molecular complexity index is 402. The molecule has 3 nitrogen and oxygen atoms in total. The van der Waals surface area contributed by atoms with Crippen molar-refractivity contribution in [3.63, 3.8) is 0 Å². The van der Waals surface area contributed by atoms with Crippen LogP contribution in [0.1, 0.15) is 34.3 Å². The summed E-state index contributed by atoms with van der Waals surface area (Å²) in [6.07, 6.45) is 2.32. The molecule has 1 amide bonds. The van der Waals surface area contributed by atoms with Crippen LogP contribution < -0.4 is 10.6 Å². The molecule has 1 heterocycles. The van der Waals surface area contributed by atoms with Gasteiger partial charge in [-0.3, -0.25) is 4.79 Å². The number of amides is 1. The summed E-state index contributed by atoms with van der Waals surface area (Å²) in [6, 6.07) is 5.99. The van der Waals surface area contributed by atoms with Gasteiger partial charge in [-0.25, -0.2) is 0 Å². The van der Waals surface area contributed by atoms with Gasteiger partial charge in [-0.15, -0.1) is 0 Å². The number of rotatable bonds is 3. The Morgan fingerprint density at radius 3 is 2.44 bits per heavy atom. The summed E-state index contributed by atoms with van der Waals surface area (Å²) in [5, 5.41) is 6.39. The van der Waals surface area contributed by atoms with Crippen molar-refractivity contribution in [3.8, 4) is 0 Å². The summed E-state index contributed by atoms with van der Waals surface area (Å²) in [5.41, 5.74) is 3.06. The number of benzene rings is 1. The van der Waals surface area contributed by atoms with Crippen LogP contribution in [0.25, 0.3) is 0 Å². The highest BCUT2D eigenvalue weighted by Crippen LogP contribution is 2.12. The Hall–Kier alpha value is -1.35. The molecule has 1 aromatic rings. The number of piperidine rings is 1. The first-order chi connectivity index (χ1) is 8.65. The van der Waals surface area contributed by atoms with Crippen molar-refractivity contribution in [2.45, 2.75) is 26.7 Å². The number of hydrogen-bond acceptors (Lipinski definition) is 2. The number of hydrogen-bond donors (Lipinski definition) is 2. The Labute approximate surface area is 109 Å². The quantitative estimate of drug-likeness (QED) is 0.857. The largest absolute Gasteiger partial charge is 0.352 e. The first-order valence-electron chi connectivity index (χ1n) is 6.72. The van der Waals surface area contributed by atoms with Gasteiger partial charge >= 0.3 is 0 Å². The molecule has 1 aliphatic rings. The fraction of sp³-hybridized carbons (Fsp3) is 0.533. The minimum atomic E-state index is 0.0559. The second-order valence-electron chi connectivity index (χ2n) is 5.28. The van der Waals surface area contributed by atoms with E-state index in [-0.39, 0.29) is 5.91 Å². The first kappa shape index (κ1) is 13.1. The van der Waals surface area contributed by atoms with Crippen LogP contribution in [0.3, 0.4) is 0 Å². The second kappa shape index (κ2) is 6.01. The fourth-order valence-corrected chi connectivity index (χ4v) is 2.53. The van der Waals surface area contributed by atoms with Crippen molar-refractivity contribution in [3.05, 3.63) is 34.9 Å². The number of carbonyl (C=O) groups excluding carboxylic acids is 1. The lowest BCUT2D eigenvalue weighted by Crippen LogP contribution is -2.36. The predicted molar refractivity (Wildman–Crippen MR) is 73.8 cm³/mol. The Kier molecular flexibility index (Phi) is 4.37. The zero-order valence-electron chi connectivity index (χ0n) is 11.3. The van der Waals surface area contributed by atoms with Gasteiger partial charge in [-0.2, -0.15) is 0 Å². The number of aryl methyl sites for hydroxylation is 2. The maximum Gasteiger partial charge on any atom is 0.251 e. The molecule has 0 unspecified atom stereocenters. The molecule has 0 bridgehead atoms. The standard InChI is InChI=1S/C15H22N2O/c1-11-7-12(2)9-14(8-11)15(18)17-10-13-3-5-16-6-4-13/h7-9,13,16H,3-6,10H2,1-2H3,(H,17,18). The second-order valence-corrected chi connectivity index (χ2v) is 5.28. The summed E-state index contributed by atoms with van der Waals surface area (Å²) < 4.78 is 0. The minimum Gasteiger partial charge on any atom is -0.352 e. The van der Waals surface area contributed by atoms with E-state index >= 15 is 0 Å². The Balaban J connectivity index is 1.90. The Morgan fingerprint density at radius 1 is 1.22 bits per heavy atom. The molecule has 0 radical (unpaired) electrons. The average molecular weight is 246 g/mol. The molecule has 3 heteroatoms. The smallest absolute Gasteiger partial charge is 0.251 e. The third-order valence-corrected chi connectivity index (χ3v) is 3.49. The third kappa shape index (κ3) is 3.57. The number of nitrogens with one attached hydrogen (secondary N) is 2. The van der Waals surface area contributed by atoms with Crippen LogP contribution in [0.2, 0.25) is 0 Å². The van der Waals surface area contributed by atoms with Crippen LogP contribution in [-0.4, -0.2) is 25.5 Å². The van der Waals surface area contributed by atoms with Crippen LogP contribution in [0.15, 0.2) is 18.2 Å². The molecule has 1 aliphatic heterocycles. The van der Waals surface area contributed by atoms with Crippen molar-refractivity contribution in [1.29, 1.82) is 0 Å². The molecule has 98 valence electrons. The van der Waals surface area contributed by atoms with Crippen molar-refractivity contribution >= 4 is 5.91 Å². The summed E-state index contributed by atoms with van der Waals surface area (Å²) in [4.78, 5) is 12.1. The highest BCUT2D eigenvalue weighted by atomic mass is 16.1. The van der Waals surface area contributed by atoms with Crippen LogP contribution >= 0.6 is 0 Å². The molecular weight excluding hydrogens is 224 g/mol. The van der Waals surface area contributed by atoms with Crippen LogP contribution in [0, 0.1) is 19.8 Å². The predicted octanol–water partition coefficient (Wildman–Crippen LogP) is 2.03. The summed E-state index contributed by atoms with van der Waals surface area (Å²) in [7, 11) is 0. The maximum absolute atomic E-state index is 12.1. The molecule has 0 atom stereocenters. The van der Waals surface area contributed by atoms with Gasteiger partial charge in [0.05, 0.1) is 0 Å². The first-order valence-corrected chi connectivity index (χ1v) is 6.72. The molecule has 2 rings (SSSR count). The molecule has 0 spiro atoms. The molecular formula is C15H22N2O. The van der Waals surface area contributed by atoms with Crippen LogP contribution in [-0.2, 0) is 0 Å². The third-order valence-electron chi connectivity index (χ3n) is 3.49. The van der Waals surface area contributed by atoms with Crippen LogP contribution in [0.4, 0.5) is 0 Å². The molecule has 0 aromatic heterocycles. The van der Waals surface area contributed by atoms with Gasteiger partial charge in [-0.05, 0) is 57.8 Å². The highest BCUT2D eigenvalue weighted by Gasteiger charge is 2.14. The van der Waals surface area contributed by atoms with Gasteiger partial charge in [0, 0.05) is 12.1 Å². The normalized spacial score (nSPS) is 16.6. The zero-order chi connectivity index (χ0) is 13.0. The molecule has 18 heavy (non-hydrogen) atoms. The monoisotopic (exact) mass is 246 g/mol. The highest BCUT2D eigenvalue weighted by molar-refractivity contribution is 5.94. The van der Waals surface area contributed by atoms with Gasteiger partial charge in [0.25, 0.3) is 5.91 Å². The van der Waals surface area contributed by atoms with Crippen molar-refractivity contribution in [2.24, 2.45) is 5.92 Å². The fourth-order valence-electron chi connectivity index (χ4n) is 2.53. The zero-order valence-corrected chi connectivity index (χ0v) is 11.3. The Morgan fingerprint density at radius 2 is 1.83 bits per heavy atom. The van der Waals surface area contributed by atoms with Gasteiger partial charge < -0.3 is 10.6 Å². The van der Waals surface area contributed by atoms with Crippen molar-refractivity contribution in [2.75, 3.05) is 19.6 Å². The number of carbonyl (C=O) groups is 1. The van der Waals surface area contributed by atoms with Gasteiger partial charge in [0.1, 0.15) is 0 Å². The minimum absolute atomic E-state index is 0.0559. The van der Waals surface area contributed by atoms with E-state index in [0.717, 1.165) is 49.2 Å². The van der Waals surface area contributed by atoms with Crippen molar-refractivity contribution in [1.82, 2.24) is 10.6 Å². The van der Waals surface area contributed by atoms with E-state index in [1.54, 1.807) is 0 Å². The molecule has 1 saturated heterocycles. The van der Waals surface area contributed by atoms with Gasteiger partial charge in [-0.1, -0.05) is 17.2 Å². The molecule has 0 saturated carbocycles. The van der Waals surface area contributed by atoms with E-state index in [2.05, 4.69) is 16.7 Å². The van der Waals surface area contributed by atoms with E-state index in [0.29, 0.717) is 5.92 Å². The summed E-state index contributed by atoms with van der Waals surface area (Å²) in [6.45, 7) is 6.99. The SMILES string of the molecule is Cc1cc(C)cc(C(=O)NCC2CCNCC2)c1. The lowest BCUT2D eigenvalue weighted by molar-refractivity contribution is 0.0944. The van der Waals surface area contributed by atoms with E-state index in [4.69, 9.17) is 0 Å². The summed E-state index contributed by atoms with van der Waals surface area (Å²) in [5.74, 6) is 0.682. The van der Waals surface area contributed by atoms with E-state index < -0.39 is 0 Å². The van der Waals surface area contributed by atoms with Gasteiger partial charge in [0.15, 0.2) is 0 Å². The molecule has 0 aliphatic carbocycles. The lowest BCUT2D eigenvalue weighted by Gasteiger charge is -2.22. The topological polar surface area (TPSA) is 41.1 Å². The lowest BCUT2D eigenvalue weighted by atomic mass is 9.98.